The van der Waals surface area contributed by atoms with E-state index in [1.165, 1.54) is 114 Å². The Morgan fingerprint density at radius 1 is 0.577 bits per heavy atom. The van der Waals surface area contributed by atoms with Crippen molar-refractivity contribution in [2.24, 2.45) is 0 Å². The van der Waals surface area contributed by atoms with Crippen molar-refractivity contribution in [3.63, 3.8) is 0 Å². The molecule has 0 bridgehead atoms. The molecule has 0 radical (unpaired) electrons. The lowest BCUT2D eigenvalue weighted by atomic mass is 10.1. The fraction of sp³-hybridized carbons (Fsp3) is 0.957. The summed E-state index contributed by atoms with van der Waals surface area (Å²) in [6.07, 6.45) is 24.5. The summed E-state index contributed by atoms with van der Waals surface area (Å²) < 4.78 is 0. The van der Waals surface area contributed by atoms with Gasteiger partial charge in [-0.05, 0) is 30.8 Å². The number of carboxylic acid groups (broad SMARTS) is 1. The smallest absolute Gasteiger partial charge is 0.303 e. The van der Waals surface area contributed by atoms with E-state index < -0.39 is 5.97 Å². The largest absolute Gasteiger partial charge is 0.481 e. The van der Waals surface area contributed by atoms with Crippen molar-refractivity contribution in [1.29, 1.82) is 0 Å². The molecule has 26 heavy (non-hydrogen) atoms. The van der Waals surface area contributed by atoms with Crippen LogP contribution in [0, 0.1) is 0 Å². The molecule has 0 aliphatic rings. The average Bonchev–Trinajstić information content (AvgIpc) is 2.62. The Hall–Kier alpha value is -0.180. The molecule has 0 atom stereocenters. The molecule has 0 aromatic rings. The molecule has 0 spiro atoms. The summed E-state index contributed by atoms with van der Waals surface area (Å²) in [5, 5.41) is 8.57. The number of carbonyl (C=O) groups is 1. The number of rotatable bonds is 22. The summed E-state index contributed by atoms with van der Waals surface area (Å²) >= 11 is 2.15. The molecule has 0 unspecified atom stereocenters. The van der Waals surface area contributed by atoms with Gasteiger partial charge in [0.1, 0.15) is 0 Å². The molecule has 0 aromatic carbocycles. The van der Waals surface area contributed by atoms with Crippen LogP contribution >= 0.6 is 11.8 Å². The molecule has 0 heterocycles. The highest BCUT2D eigenvalue weighted by Crippen LogP contribution is 2.15. The number of hydrogen-bond donors (Lipinski definition) is 1. The van der Waals surface area contributed by atoms with Gasteiger partial charge in [-0.2, -0.15) is 11.8 Å². The van der Waals surface area contributed by atoms with Gasteiger partial charge in [-0.25, -0.2) is 0 Å². The topological polar surface area (TPSA) is 37.3 Å². The van der Waals surface area contributed by atoms with Crippen LogP contribution in [0.2, 0.25) is 0 Å². The standard InChI is InChI=1S/C23H46O2S/c1-2-3-4-5-6-7-9-12-15-18-21-26-22-19-16-13-10-8-11-14-17-20-23(24)25/h2-22H2,1H3,(H,24,25). The van der Waals surface area contributed by atoms with Gasteiger partial charge in [0.15, 0.2) is 0 Å². The number of unbranched alkanes of at least 4 members (excludes halogenated alkanes) is 16. The van der Waals surface area contributed by atoms with E-state index >= 15 is 0 Å². The molecule has 0 aliphatic carbocycles. The van der Waals surface area contributed by atoms with Crippen LogP contribution in [0.4, 0.5) is 0 Å². The van der Waals surface area contributed by atoms with Crippen LogP contribution in [0.25, 0.3) is 0 Å². The zero-order valence-electron chi connectivity index (χ0n) is 17.6. The first kappa shape index (κ1) is 25.8. The van der Waals surface area contributed by atoms with E-state index in [9.17, 15) is 4.79 Å². The van der Waals surface area contributed by atoms with Gasteiger partial charge in [0.2, 0.25) is 0 Å². The van der Waals surface area contributed by atoms with Crippen molar-refractivity contribution in [3.8, 4) is 0 Å². The van der Waals surface area contributed by atoms with Gasteiger partial charge in [-0.3, -0.25) is 4.79 Å². The third-order valence-corrected chi connectivity index (χ3v) is 6.23. The molecule has 3 heteroatoms. The molecule has 1 N–H and O–H groups in total. The van der Waals surface area contributed by atoms with E-state index in [4.69, 9.17) is 5.11 Å². The maximum absolute atomic E-state index is 10.4. The number of carboxylic acids is 1. The normalized spacial score (nSPS) is 11.1. The molecule has 0 saturated heterocycles. The van der Waals surface area contributed by atoms with E-state index in [1.807, 2.05) is 0 Å². The Kier molecular flexibility index (Phi) is 22.7. The van der Waals surface area contributed by atoms with Crippen molar-refractivity contribution >= 4 is 17.7 Å². The minimum absolute atomic E-state index is 0.344. The highest BCUT2D eigenvalue weighted by molar-refractivity contribution is 7.99. The van der Waals surface area contributed by atoms with Gasteiger partial charge >= 0.3 is 5.97 Å². The minimum Gasteiger partial charge on any atom is -0.481 e. The lowest BCUT2D eigenvalue weighted by molar-refractivity contribution is -0.137. The molecule has 156 valence electrons. The van der Waals surface area contributed by atoms with Crippen molar-refractivity contribution < 1.29 is 9.90 Å². The SMILES string of the molecule is CCCCCCCCCCCCSCCCCCCCCCCC(=O)O. The van der Waals surface area contributed by atoms with Crippen molar-refractivity contribution in [1.82, 2.24) is 0 Å². The number of aliphatic carboxylic acids is 1. The van der Waals surface area contributed by atoms with E-state index in [0.29, 0.717) is 6.42 Å². The summed E-state index contributed by atoms with van der Waals surface area (Å²) in [6.45, 7) is 2.29. The van der Waals surface area contributed by atoms with Crippen LogP contribution in [-0.2, 0) is 4.79 Å². The predicted molar refractivity (Wildman–Crippen MR) is 118 cm³/mol. The Balaban J connectivity index is 2.98. The second-order valence-corrected chi connectivity index (χ2v) is 8.99. The van der Waals surface area contributed by atoms with E-state index in [2.05, 4.69) is 18.7 Å². The van der Waals surface area contributed by atoms with E-state index in [-0.39, 0.29) is 0 Å². The molecule has 0 aliphatic heterocycles. The fourth-order valence-electron chi connectivity index (χ4n) is 3.33. The number of thioether (sulfide) groups is 1. The van der Waals surface area contributed by atoms with Gasteiger partial charge in [0.25, 0.3) is 0 Å². The third kappa shape index (κ3) is 23.8. The zero-order valence-corrected chi connectivity index (χ0v) is 18.4. The van der Waals surface area contributed by atoms with E-state index in [0.717, 1.165) is 12.8 Å². The lowest BCUT2D eigenvalue weighted by Crippen LogP contribution is -1.93. The predicted octanol–water partition coefficient (Wildman–Crippen LogP) is 8.24. The Bertz CT molecular complexity index is 281. The van der Waals surface area contributed by atoms with Crippen LogP contribution < -0.4 is 0 Å². The first-order chi connectivity index (χ1) is 12.8. The monoisotopic (exact) mass is 386 g/mol. The van der Waals surface area contributed by atoms with Gasteiger partial charge in [-0.15, -0.1) is 0 Å². The highest BCUT2D eigenvalue weighted by Gasteiger charge is 1.97. The summed E-state index contributed by atoms with van der Waals surface area (Å²) in [7, 11) is 0. The van der Waals surface area contributed by atoms with Gasteiger partial charge in [0, 0.05) is 6.42 Å². The minimum atomic E-state index is -0.652. The summed E-state index contributed by atoms with van der Waals surface area (Å²) in [5.41, 5.74) is 0. The summed E-state index contributed by atoms with van der Waals surface area (Å²) in [5.74, 6) is 2.05. The van der Waals surface area contributed by atoms with Gasteiger partial charge in [-0.1, -0.05) is 103 Å². The number of hydrogen-bond acceptors (Lipinski definition) is 2. The highest BCUT2D eigenvalue weighted by atomic mass is 32.2. The van der Waals surface area contributed by atoms with Gasteiger partial charge in [0.05, 0.1) is 0 Å². The zero-order chi connectivity index (χ0) is 19.1. The molecular weight excluding hydrogens is 340 g/mol. The maximum atomic E-state index is 10.4. The molecule has 0 fully saturated rings. The molecule has 0 aromatic heterocycles. The van der Waals surface area contributed by atoms with Crippen LogP contribution in [0.1, 0.15) is 129 Å². The fourth-order valence-corrected chi connectivity index (χ4v) is 4.36. The lowest BCUT2D eigenvalue weighted by Gasteiger charge is -2.04. The van der Waals surface area contributed by atoms with Crippen molar-refractivity contribution in [2.75, 3.05) is 11.5 Å². The Labute approximate surface area is 168 Å². The molecular formula is C23H46O2S. The second kappa shape index (κ2) is 22.9. The average molecular weight is 387 g/mol. The first-order valence-corrected chi connectivity index (χ1v) is 12.7. The Morgan fingerprint density at radius 3 is 1.31 bits per heavy atom. The second-order valence-electron chi connectivity index (χ2n) is 7.77. The van der Waals surface area contributed by atoms with E-state index in [1.54, 1.807) is 0 Å². The summed E-state index contributed by atoms with van der Waals surface area (Å²) in [4.78, 5) is 10.4. The summed E-state index contributed by atoms with van der Waals surface area (Å²) in [6, 6.07) is 0. The molecule has 0 rings (SSSR count). The maximum Gasteiger partial charge on any atom is 0.303 e. The first-order valence-electron chi connectivity index (χ1n) is 11.6. The molecule has 0 amide bonds. The quantitative estimate of drug-likeness (QED) is 0.190. The van der Waals surface area contributed by atoms with Crippen LogP contribution in [0.15, 0.2) is 0 Å². The Morgan fingerprint density at radius 2 is 0.923 bits per heavy atom. The van der Waals surface area contributed by atoms with Crippen molar-refractivity contribution in [2.45, 2.75) is 129 Å². The van der Waals surface area contributed by atoms with Gasteiger partial charge < -0.3 is 5.11 Å². The third-order valence-electron chi connectivity index (χ3n) is 5.07. The van der Waals surface area contributed by atoms with Crippen molar-refractivity contribution in [3.05, 3.63) is 0 Å². The van der Waals surface area contributed by atoms with Crippen LogP contribution in [0.3, 0.4) is 0 Å². The van der Waals surface area contributed by atoms with Crippen LogP contribution in [-0.4, -0.2) is 22.6 Å². The molecule has 0 saturated carbocycles. The molecule has 2 nitrogen and oxygen atoms in total. The van der Waals surface area contributed by atoms with Crippen LogP contribution in [0.5, 0.6) is 0 Å².